The third-order valence-electron chi connectivity index (χ3n) is 3.02. The first kappa shape index (κ1) is 11.6. The zero-order valence-electron chi connectivity index (χ0n) is 9.97. The van der Waals surface area contributed by atoms with Gasteiger partial charge in [-0.3, -0.25) is 4.98 Å². The molecule has 94 valence electrons. The van der Waals surface area contributed by atoms with Gasteiger partial charge in [0.2, 0.25) is 0 Å². The number of carbonyl (C=O) groups excluding carboxylic acids is 1. The fourth-order valence-corrected chi connectivity index (χ4v) is 2.09. The number of esters is 1. The van der Waals surface area contributed by atoms with Crippen LogP contribution in [0.25, 0.3) is 11.1 Å². The Morgan fingerprint density at radius 3 is 2.37 bits per heavy atom. The highest BCUT2D eigenvalue weighted by Gasteiger charge is 2.26. The van der Waals surface area contributed by atoms with Crippen LogP contribution in [0, 0.1) is 5.82 Å². The van der Waals surface area contributed by atoms with E-state index < -0.39 is 0 Å². The van der Waals surface area contributed by atoms with Gasteiger partial charge in [0.15, 0.2) is 0 Å². The third kappa shape index (κ3) is 2.12. The van der Waals surface area contributed by atoms with Crippen molar-refractivity contribution < 1.29 is 13.9 Å². The van der Waals surface area contributed by atoms with Crippen LogP contribution in [0.15, 0.2) is 48.8 Å². The summed E-state index contributed by atoms with van der Waals surface area (Å²) in [4.78, 5) is 15.8. The van der Waals surface area contributed by atoms with Gasteiger partial charge in [-0.05, 0) is 35.4 Å². The van der Waals surface area contributed by atoms with Crippen molar-refractivity contribution in [3.8, 4) is 0 Å². The van der Waals surface area contributed by atoms with Gasteiger partial charge in [-0.2, -0.15) is 0 Å². The number of cyclic esters (lactones) is 1. The lowest BCUT2D eigenvalue weighted by molar-refractivity contribution is -0.133. The SMILES string of the molecule is O=C1OCC(c2ccc(F)cc2)=C1c1ccncc1. The molecule has 3 nitrogen and oxygen atoms in total. The lowest BCUT2D eigenvalue weighted by Crippen LogP contribution is -1.98. The van der Waals surface area contributed by atoms with Crippen molar-refractivity contribution >= 4 is 17.1 Å². The molecule has 19 heavy (non-hydrogen) atoms. The highest BCUT2D eigenvalue weighted by atomic mass is 19.1. The summed E-state index contributed by atoms with van der Waals surface area (Å²) in [5, 5.41) is 0. The van der Waals surface area contributed by atoms with Crippen LogP contribution < -0.4 is 0 Å². The Hall–Kier alpha value is -2.49. The fraction of sp³-hybridized carbons (Fsp3) is 0.0667. The van der Waals surface area contributed by atoms with E-state index in [2.05, 4.69) is 4.98 Å². The first-order valence-corrected chi connectivity index (χ1v) is 5.82. The molecule has 1 aromatic carbocycles. The Balaban J connectivity index is 2.13. The number of hydrogen-bond donors (Lipinski definition) is 0. The molecule has 0 amide bonds. The average molecular weight is 255 g/mol. The lowest BCUT2D eigenvalue weighted by Gasteiger charge is -2.04. The van der Waals surface area contributed by atoms with Crippen LogP contribution in [0.1, 0.15) is 11.1 Å². The maximum atomic E-state index is 12.9. The third-order valence-corrected chi connectivity index (χ3v) is 3.02. The largest absolute Gasteiger partial charge is 0.457 e. The minimum Gasteiger partial charge on any atom is -0.457 e. The van der Waals surface area contributed by atoms with E-state index in [1.54, 1.807) is 36.7 Å². The molecule has 0 saturated heterocycles. The summed E-state index contributed by atoms with van der Waals surface area (Å²) in [6.45, 7) is 0.210. The molecular weight excluding hydrogens is 245 g/mol. The molecule has 0 saturated carbocycles. The molecule has 0 atom stereocenters. The van der Waals surface area contributed by atoms with E-state index in [-0.39, 0.29) is 18.4 Å². The highest BCUT2D eigenvalue weighted by molar-refractivity contribution is 6.27. The molecule has 0 bridgehead atoms. The first-order valence-electron chi connectivity index (χ1n) is 5.82. The maximum absolute atomic E-state index is 12.9. The molecule has 3 rings (SSSR count). The number of pyridine rings is 1. The van der Waals surface area contributed by atoms with E-state index in [1.807, 2.05) is 0 Å². The zero-order chi connectivity index (χ0) is 13.2. The summed E-state index contributed by atoms with van der Waals surface area (Å²) in [6, 6.07) is 9.54. The summed E-state index contributed by atoms with van der Waals surface area (Å²) in [5.74, 6) is -0.662. The van der Waals surface area contributed by atoms with Crippen LogP contribution in [0.5, 0.6) is 0 Å². The van der Waals surface area contributed by atoms with Crippen LogP contribution in [-0.2, 0) is 9.53 Å². The molecular formula is C15H10FNO2. The molecule has 1 aliphatic rings. The van der Waals surface area contributed by atoms with Gasteiger partial charge < -0.3 is 4.74 Å². The number of benzene rings is 1. The number of hydrogen-bond acceptors (Lipinski definition) is 3. The molecule has 4 heteroatoms. The number of aromatic nitrogens is 1. The van der Waals surface area contributed by atoms with Gasteiger partial charge in [0.25, 0.3) is 0 Å². The molecule has 2 aromatic rings. The maximum Gasteiger partial charge on any atom is 0.339 e. The van der Waals surface area contributed by atoms with E-state index >= 15 is 0 Å². The fourth-order valence-electron chi connectivity index (χ4n) is 2.09. The van der Waals surface area contributed by atoms with Gasteiger partial charge in [0.1, 0.15) is 12.4 Å². The number of rotatable bonds is 2. The smallest absolute Gasteiger partial charge is 0.339 e. The normalized spacial score (nSPS) is 14.7. The second-order valence-corrected chi connectivity index (χ2v) is 4.17. The van der Waals surface area contributed by atoms with E-state index in [0.717, 1.165) is 16.7 Å². The van der Waals surface area contributed by atoms with Crippen molar-refractivity contribution in [2.24, 2.45) is 0 Å². The van der Waals surface area contributed by atoms with Gasteiger partial charge in [-0.25, -0.2) is 9.18 Å². The van der Waals surface area contributed by atoms with Crippen molar-refractivity contribution in [2.45, 2.75) is 0 Å². The Bertz CT molecular complexity index is 648. The van der Waals surface area contributed by atoms with E-state index in [9.17, 15) is 9.18 Å². The quantitative estimate of drug-likeness (QED) is 0.774. The molecule has 0 unspecified atom stereocenters. The summed E-state index contributed by atoms with van der Waals surface area (Å²) >= 11 is 0. The van der Waals surface area contributed by atoms with E-state index in [0.29, 0.717) is 5.57 Å². The van der Waals surface area contributed by atoms with Crippen molar-refractivity contribution in [1.29, 1.82) is 0 Å². The number of nitrogens with zero attached hydrogens (tertiary/aromatic N) is 1. The van der Waals surface area contributed by atoms with Crippen LogP contribution in [-0.4, -0.2) is 17.6 Å². The summed E-state index contributed by atoms with van der Waals surface area (Å²) in [7, 11) is 0. The average Bonchev–Trinajstić information content (AvgIpc) is 2.82. The monoisotopic (exact) mass is 255 g/mol. The summed E-state index contributed by atoms with van der Waals surface area (Å²) in [5.41, 5.74) is 2.85. The first-order chi connectivity index (χ1) is 9.25. The highest BCUT2D eigenvalue weighted by Crippen LogP contribution is 2.32. The van der Waals surface area contributed by atoms with Crippen molar-refractivity contribution in [3.63, 3.8) is 0 Å². The van der Waals surface area contributed by atoms with Gasteiger partial charge in [-0.15, -0.1) is 0 Å². The Morgan fingerprint density at radius 1 is 1.00 bits per heavy atom. The van der Waals surface area contributed by atoms with Gasteiger partial charge in [-0.1, -0.05) is 12.1 Å². The van der Waals surface area contributed by atoms with Gasteiger partial charge in [0, 0.05) is 18.0 Å². The second kappa shape index (κ2) is 4.65. The molecule has 0 fully saturated rings. The van der Waals surface area contributed by atoms with Crippen LogP contribution in [0.2, 0.25) is 0 Å². The number of halogens is 1. The van der Waals surface area contributed by atoms with Crippen molar-refractivity contribution in [1.82, 2.24) is 4.98 Å². The predicted octanol–water partition coefficient (Wildman–Crippen LogP) is 2.69. The molecule has 0 aliphatic carbocycles. The van der Waals surface area contributed by atoms with E-state index in [1.165, 1.54) is 12.1 Å². The molecule has 2 heterocycles. The number of carbonyl (C=O) groups is 1. The molecule has 0 N–H and O–H groups in total. The van der Waals surface area contributed by atoms with Gasteiger partial charge in [0.05, 0.1) is 5.57 Å². The van der Waals surface area contributed by atoms with E-state index in [4.69, 9.17) is 4.74 Å². The zero-order valence-corrected chi connectivity index (χ0v) is 9.97. The number of ether oxygens (including phenoxy) is 1. The van der Waals surface area contributed by atoms with Crippen molar-refractivity contribution in [2.75, 3.05) is 6.61 Å². The Morgan fingerprint density at radius 2 is 1.68 bits per heavy atom. The standard InChI is InChI=1S/C15H10FNO2/c16-12-3-1-10(2-4-12)13-9-19-15(18)14(13)11-5-7-17-8-6-11/h1-8H,9H2. The predicted molar refractivity (Wildman–Crippen MR) is 68.4 cm³/mol. The minimum atomic E-state index is -0.356. The van der Waals surface area contributed by atoms with Crippen molar-refractivity contribution in [3.05, 3.63) is 65.7 Å². The Kier molecular flexibility index (Phi) is 2.83. The second-order valence-electron chi connectivity index (χ2n) is 4.17. The Labute approximate surface area is 109 Å². The summed E-state index contributed by atoms with van der Waals surface area (Å²) < 4.78 is 18.0. The molecule has 0 radical (unpaired) electrons. The van der Waals surface area contributed by atoms with Gasteiger partial charge >= 0.3 is 5.97 Å². The molecule has 1 aliphatic heterocycles. The minimum absolute atomic E-state index is 0.210. The molecule has 1 aromatic heterocycles. The molecule has 0 spiro atoms. The lowest BCUT2D eigenvalue weighted by atomic mass is 9.97. The van der Waals surface area contributed by atoms with Crippen LogP contribution >= 0.6 is 0 Å². The topological polar surface area (TPSA) is 39.2 Å². The summed E-state index contributed by atoms with van der Waals surface area (Å²) in [6.07, 6.45) is 3.24. The van der Waals surface area contributed by atoms with Crippen LogP contribution in [0.4, 0.5) is 4.39 Å². The van der Waals surface area contributed by atoms with Crippen LogP contribution in [0.3, 0.4) is 0 Å².